The van der Waals surface area contributed by atoms with Crippen LogP contribution in [0.1, 0.15) is 6.42 Å². The van der Waals surface area contributed by atoms with Gasteiger partial charge in [-0.1, -0.05) is 30.4 Å². The van der Waals surface area contributed by atoms with Crippen LogP contribution < -0.4 is 0 Å². The van der Waals surface area contributed by atoms with Crippen molar-refractivity contribution in [3.8, 4) is 0 Å². The highest BCUT2D eigenvalue weighted by molar-refractivity contribution is 6.52. The van der Waals surface area contributed by atoms with Gasteiger partial charge in [-0.25, -0.2) is 0 Å². The molecule has 0 atom stereocenters. The maximum Gasteiger partial charge on any atom is 0.488 e. The molecule has 0 unspecified atom stereocenters. The second kappa shape index (κ2) is 2.86. The molecule has 0 radical (unpaired) electrons. The minimum absolute atomic E-state index is 0.516. The SMILES string of the molecule is C=C1CC=CC=C1B(O)O. The topological polar surface area (TPSA) is 40.5 Å². The van der Waals surface area contributed by atoms with Crippen molar-refractivity contribution in [2.75, 3.05) is 0 Å². The zero-order valence-electron chi connectivity index (χ0n) is 5.62. The number of hydrogen-bond donors (Lipinski definition) is 2. The van der Waals surface area contributed by atoms with Crippen LogP contribution in [0.2, 0.25) is 0 Å². The van der Waals surface area contributed by atoms with Crippen LogP contribution in [-0.4, -0.2) is 17.2 Å². The van der Waals surface area contributed by atoms with Gasteiger partial charge >= 0.3 is 7.12 Å². The van der Waals surface area contributed by atoms with Crippen LogP contribution in [0.15, 0.2) is 35.9 Å². The molecule has 52 valence electrons. The minimum Gasteiger partial charge on any atom is -0.423 e. The van der Waals surface area contributed by atoms with Gasteiger partial charge in [-0.3, -0.25) is 0 Å². The van der Waals surface area contributed by atoms with E-state index in [1.54, 1.807) is 12.2 Å². The lowest BCUT2D eigenvalue weighted by atomic mass is 9.73. The molecule has 0 fully saturated rings. The standard InChI is InChI=1S/C7H9BO2/c1-6-4-2-3-5-7(6)8(9)10/h2-3,5,9-10H,1,4H2. The highest BCUT2D eigenvalue weighted by atomic mass is 16.4. The summed E-state index contributed by atoms with van der Waals surface area (Å²) in [4.78, 5) is 0. The van der Waals surface area contributed by atoms with Gasteiger partial charge < -0.3 is 10.0 Å². The van der Waals surface area contributed by atoms with Gasteiger partial charge in [-0.15, -0.1) is 0 Å². The van der Waals surface area contributed by atoms with Crippen LogP contribution in [0, 0.1) is 0 Å². The molecule has 2 nitrogen and oxygen atoms in total. The van der Waals surface area contributed by atoms with E-state index in [1.807, 2.05) is 6.08 Å². The van der Waals surface area contributed by atoms with E-state index in [1.165, 1.54) is 0 Å². The Morgan fingerprint density at radius 3 is 2.60 bits per heavy atom. The first-order chi connectivity index (χ1) is 4.72. The smallest absolute Gasteiger partial charge is 0.423 e. The van der Waals surface area contributed by atoms with E-state index in [0.717, 1.165) is 5.57 Å². The molecule has 0 spiro atoms. The number of hydrogen-bond acceptors (Lipinski definition) is 2. The van der Waals surface area contributed by atoms with E-state index in [-0.39, 0.29) is 0 Å². The van der Waals surface area contributed by atoms with Gasteiger partial charge in [0, 0.05) is 0 Å². The van der Waals surface area contributed by atoms with Gasteiger partial charge in [-0.2, -0.15) is 0 Å². The van der Waals surface area contributed by atoms with E-state index in [4.69, 9.17) is 10.0 Å². The van der Waals surface area contributed by atoms with Crippen molar-refractivity contribution in [3.05, 3.63) is 35.9 Å². The summed E-state index contributed by atoms with van der Waals surface area (Å²) in [7, 11) is -1.38. The molecule has 0 aromatic heterocycles. The van der Waals surface area contributed by atoms with Crippen molar-refractivity contribution in [1.82, 2.24) is 0 Å². The molecule has 3 heteroatoms. The largest absolute Gasteiger partial charge is 0.488 e. The molecule has 0 amide bonds. The average Bonchev–Trinajstić information content (AvgIpc) is 1.88. The molecule has 1 aliphatic carbocycles. The van der Waals surface area contributed by atoms with Gasteiger partial charge in [0.2, 0.25) is 0 Å². The molecule has 2 N–H and O–H groups in total. The van der Waals surface area contributed by atoms with Crippen molar-refractivity contribution < 1.29 is 10.0 Å². The van der Waals surface area contributed by atoms with Crippen LogP contribution >= 0.6 is 0 Å². The van der Waals surface area contributed by atoms with Crippen molar-refractivity contribution in [3.63, 3.8) is 0 Å². The molecular weight excluding hydrogens is 127 g/mol. The molecule has 0 aromatic carbocycles. The monoisotopic (exact) mass is 136 g/mol. The molecule has 1 aliphatic rings. The molecule has 0 bridgehead atoms. The summed E-state index contributed by atoms with van der Waals surface area (Å²) in [5.74, 6) is 0. The van der Waals surface area contributed by atoms with Crippen molar-refractivity contribution in [2.24, 2.45) is 0 Å². The first-order valence-electron chi connectivity index (χ1n) is 3.13. The fraction of sp³-hybridized carbons (Fsp3) is 0.143. The summed E-state index contributed by atoms with van der Waals surface area (Å²) in [6, 6.07) is 0. The highest BCUT2D eigenvalue weighted by Gasteiger charge is 2.17. The lowest BCUT2D eigenvalue weighted by molar-refractivity contribution is 0.419. The van der Waals surface area contributed by atoms with Gasteiger partial charge in [0.15, 0.2) is 0 Å². The molecular formula is C7H9BO2. The number of rotatable bonds is 1. The third-order valence-corrected chi connectivity index (χ3v) is 1.46. The summed E-state index contributed by atoms with van der Waals surface area (Å²) in [6.45, 7) is 3.68. The third-order valence-electron chi connectivity index (χ3n) is 1.46. The summed E-state index contributed by atoms with van der Waals surface area (Å²) < 4.78 is 0. The maximum absolute atomic E-state index is 8.74. The molecule has 0 aromatic rings. The average molecular weight is 136 g/mol. The van der Waals surface area contributed by atoms with Crippen molar-refractivity contribution in [2.45, 2.75) is 6.42 Å². The van der Waals surface area contributed by atoms with Gasteiger partial charge in [0.05, 0.1) is 0 Å². The van der Waals surface area contributed by atoms with Gasteiger partial charge in [0.25, 0.3) is 0 Å². The zero-order chi connectivity index (χ0) is 7.56. The normalized spacial score (nSPS) is 17.0. The summed E-state index contributed by atoms with van der Waals surface area (Å²) in [6.07, 6.45) is 6.09. The Balaban J connectivity index is 2.80. The van der Waals surface area contributed by atoms with Crippen molar-refractivity contribution in [1.29, 1.82) is 0 Å². The second-order valence-electron chi connectivity index (χ2n) is 2.23. The predicted molar refractivity (Wildman–Crippen MR) is 41.2 cm³/mol. The predicted octanol–water partition coefficient (Wildman–Crippen LogP) is 0.441. The van der Waals surface area contributed by atoms with E-state index < -0.39 is 7.12 Å². The zero-order valence-corrected chi connectivity index (χ0v) is 5.62. The lowest BCUT2D eigenvalue weighted by Gasteiger charge is -2.09. The summed E-state index contributed by atoms with van der Waals surface area (Å²) >= 11 is 0. The number of allylic oxidation sites excluding steroid dienone is 5. The van der Waals surface area contributed by atoms with Crippen LogP contribution in [-0.2, 0) is 0 Å². The van der Waals surface area contributed by atoms with Crippen LogP contribution in [0.4, 0.5) is 0 Å². The fourth-order valence-electron chi connectivity index (χ4n) is 0.886. The Hall–Kier alpha value is -0.795. The van der Waals surface area contributed by atoms with E-state index in [2.05, 4.69) is 6.58 Å². The Morgan fingerprint density at radius 1 is 1.50 bits per heavy atom. The van der Waals surface area contributed by atoms with Crippen LogP contribution in [0.25, 0.3) is 0 Å². The highest BCUT2D eigenvalue weighted by Crippen LogP contribution is 2.17. The third kappa shape index (κ3) is 1.37. The van der Waals surface area contributed by atoms with E-state index in [9.17, 15) is 0 Å². The molecule has 0 heterocycles. The summed E-state index contributed by atoms with van der Waals surface area (Å²) in [5.41, 5.74) is 1.29. The molecule has 10 heavy (non-hydrogen) atoms. The first-order valence-corrected chi connectivity index (χ1v) is 3.13. The van der Waals surface area contributed by atoms with Gasteiger partial charge in [-0.05, 0) is 11.9 Å². The molecule has 1 rings (SSSR count). The Morgan fingerprint density at radius 2 is 2.20 bits per heavy atom. The second-order valence-corrected chi connectivity index (χ2v) is 2.23. The van der Waals surface area contributed by atoms with Crippen LogP contribution in [0.3, 0.4) is 0 Å². The summed E-state index contributed by atoms with van der Waals surface area (Å²) in [5, 5.41) is 17.5. The maximum atomic E-state index is 8.74. The van der Waals surface area contributed by atoms with E-state index >= 15 is 0 Å². The molecule has 0 saturated carbocycles. The molecule has 0 aliphatic heterocycles. The van der Waals surface area contributed by atoms with Crippen LogP contribution in [0.5, 0.6) is 0 Å². The fourth-order valence-corrected chi connectivity index (χ4v) is 0.886. The minimum atomic E-state index is -1.38. The Bertz CT molecular complexity index is 204. The Kier molecular flexibility index (Phi) is 2.09. The molecule has 0 saturated heterocycles. The Labute approximate surface area is 60.3 Å². The lowest BCUT2D eigenvalue weighted by Crippen LogP contribution is -2.17. The first kappa shape index (κ1) is 7.31. The quantitative estimate of drug-likeness (QED) is 0.513. The van der Waals surface area contributed by atoms with Gasteiger partial charge in [0.1, 0.15) is 0 Å². The van der Waals surface area contributed by atoms with Crippen molar-refractivity contribution >= 4 is 7.12 Å². The van der Waals surface area contributed by atoms with E-state index in [0.29, 0.717) is 11.9 Å².